The number of hydrogen-bond acceptors (Lipinski definition) is 4. The van der Waals surface area contributed by atoms with Crippen molar-refractivity contribution in [3.05, 3.63) is 93.2 Å². The molecule has 2 heterocycles. The molecule has 1 amide bonds. The van der Waals surface area contributed by atoms with Crippen LogP contribution in [-0.4, -0.2) is 38.7 Å². The fraction of sp³-hybridized carbons (Fsp3) is 0.320. The Bertz CT molecular complexity index is 1270. The van der Waals surface area contributed by atoms with Gasteiger partial charge in [-0.2, -0.15) is 18.3 Å². The van der Waals surface area contributed by atoms with Crippen molar-refractivity contribution in [3.8, 4) is 5.75 Å². The van der Waals surface area contributed by atoms with Crippen molar-refractivity contribution in [1.29, 1.82) is 0 Å². The number of carbonyl (C=O) groups excluding carboxylic acids is 1. The second kappa shape index (κ2) is 9.52. The highest BCUT2D eigenvalue weighted by Crippen LogP contribution is 2.41. The Labute approximate surface area is 198 Å². The number of amides is 1. The molecular formula is C25H23F4N3O3. The van der Waals surface area contributed by atoms with E-state index in [0.29, 0.717) is 30.5 Å². The number of rotatable bonds is 5. The molecule has 0 spiro atoms. The highest BCUT2D eigenvalue weighted by Gasteiger charge is 2.39. The molecule has 0 bridgehead atoms. The fourth-order valence-electron chi connectivity index (χ4n) is 4.87. The lowest BCUT2D eigenvalue weighted by atomic mass is 9.77. The van der Waals surface area contributed by atoms with Crippen LogP contribution in [-0.2, 0) is 6.18 Å². The molecular weight excluding hydrogens is 466 g/mol. The molecule has 6 nitrogen and oxygen atoms in total. The smallest absolute Gasteiger partial charge is 0.416 e. The average molecular weight is 489 g/mol. The van der Waals surface area contributed by atoms with E-state index in [-0.39, 0.29) is 0 Å². The molecule has 1 aromatic heterocycles. The average Bonchev–Trinajstić information content (AvgIpc) is 3.31. The minimum absolute atomic E-state index is 0.323. The number of nitrogens with zero attached hydrogens (tertiary/aromatic N) is 2. The summed E-state index contributed by atoms with van der Waals surface area (Å²) in [4.78, 5) is 26.9. The van der Waals surface area contributed by atoms with Crippen molar-refractivity contribution in [1.82, 2.24) is 15.1 Å². The van der Waals surface area contributed by atoms with Gasteiger partial charge in [0.05, 0.1) is 11.8 Å². The van der Waals surface area contributed by atoms with Gasteiger partial charge in [-0.15, -0.1) is 0 Å². The van der Waals surface area contributed by atoms with E-state index in [1.54, 1.807) is 6.07 Å². The maximum absolute atomic E-state index is 13.6. The molecule has 35 heavy (non-hydrogen) atoms. The summed E-state index contributed by atoms with van der Waals surface area (Å²) in [6.45, 7) is 2.15. The number of aromatic amines is 1. The zero-order chi connectivity index (χ0) is 25.3. The highest BCUT2D eigenvalue weighted by atomic mass is 19.4. The zero-order valence-corrected chi connectivity index (χ0v) is 18.7. The summed E-state index contributed by atoms with van der Waals surface area (Å²) in [6.07, 6.45) is -2.39. The van der Waals surface area contributed by atoms with Crippen LogP contribution in [0, 0.1) is 11.7 Å². The van der Waals surface area contributed by atoms with Gasteiger partial charge in [-0.3, -0.25) is 14.7 Å². The van der Waals surface area contributed by atoms with E-state index in [9.17, 15) is 32.3 Å². The van der Waals surface area contributed by atoms with Gasteiger partial charge in [0.1, 0.15) is 5.82 Å². The molecule has 2 aromatic carbocycles. The normalized spacial score (nSPS) is 17.9. The molecule has 1 saturated heterocycles. The number of aromatic hydroxyl groups is 1. The van der Waals surface area contributed by atoms with Gasteiger partial charge in [0.25, 0.3) is 11.3 Å². The molecule has 3 aromatic rings. The largest absolute Gasteiger partial charge is 0.503 e. The standard InChI is InChI=1S/C25H23F4N3O3/c1-14(19-6-3-11-32(19)24(35)22-23(34)20(33)13-30-31-22)21(15-7-9-18(26)10-8-15)16-4-2-5-17(12-16)25(27,28)29/h2,4-5,7-10,12-14,19,21H,3,6,11H2,1H3,(H,30,34)(H,31,33)/t14-,19+,21+/m0/s1. The first-order valence-corrected chi connectivity index (χ1v) is 11.1. The van der Waals surface area contributed by atoms with Gasteiger partial charge in [-0.25, -0.2) is 4.39 Å². The number of nitrogens with one attached hydrogen (secondary N) is 1. The summed E-state index contributed by atoms with van der Waals surface area (Å²) < 4.78 is 54.0. The summed E-state index contributed by atoms with van der Waals surface area (Å²) in [5.41, 5.74) is -1.18. The highest BCUT2D eigenvalue weighted by molar-refractivity contribution is 5.92. The number of likely N-dealkylation sites (tertiary alicyclic amines) is 1. The van der Waals surface area contributed by atoms with Crippen molar-refractivity contribution >= 4 is 5.91 Å². The van der Waals surface area contributed by atoms with Crippen LogP contribution < -0.4 is 5.43 Å². The monoisotopic (exact) mass is 489 g/mol. The SMILES string of the molecule is C[C@H]([C@H](c1ccc(F)cc1)c1cccc(C(F)(F)F)c1)[C@H]1CCCN1C(=O)c1n[nH]cc(O)c1=O. The summed E-state index contributed by atoms with van der Waals surface area (Å²) in [5.74, 6) is -2.77. The lowest BCUT2D eigenvalue weighted by molar-refractivity contribution is -0.137. The molecule has 10 heteroatoms. The molecule has 2 N–H and O–H groups in total. The number of hydrogen-bond donors (Lipinski definition) is 2. The Morgan fingerprint density at radius 3 is 2.57 bits per heavy atom. The predicted molar refractivity (Wildman–Crippen MR) is 119 cm³/mol. The molecule has 0 aliphatic carbocycles. The van der Waals surface area contributed by atoms with Gasteiger partial charge < -0.3 is 10.0 Å². The number of carbonyl (C=O) groups is 1. The third-order valence-corrected chi connectivity index (χ3v) is 6.52. The van der Waals surface area contributed by atoms with Gasteiger partial charge >= 0.3 is 6.18 Å². The van der Waals surface area contributed by atoms with Crippen LogP contribution in [0.4, 0.5) is 17.6 Å². The Kier molecular flexibility index (Phi) is 6.64. The summed E-state index contributed by atoms with van der Waals surface area (Å²) in [6, 6.07) is 10.1. The molecule has 4 rings (SSSR count). The fourth-order valence-corrected chi connectivity index (χ4v) is 4.87. The Morgan fingerprint density at radius 1 is 1.17 bits per heavy atom. The minimum Gasteiger partial charge on any atom is -0.503 e. The molecule has 1 fully saturated rings. The van der Waals surface area contributed by atoms with Crippen molar-refractivity contribution < 1.29 is 27.5 Å². The Morgan fingerprint density at radius 2 is 1.89 bits per heavy atom. The lowest BCUT2D eigenvalue weighted by Crippen LogP contribution is -2.43. The number of aromatic nitrogens is 2. The topological polar surface area (TPSA) is 86.3 Å². The molecule has 0 radical (unpaired) electrons. The molecule has 1 aliphatic rings. The van der Waals surface area contributed by atoms with Crippen LogP contribution in [0.25, 0.3) is 0 Å². The van der Waals surface area contributed by atoms with Gasteiger partial charge in [-0.1, -0.05) is 37.3 Å². The van der Waals surface area contributed by atoms with Gasteiger partial charge in [-0.05, 0) is 48.1 Å². The van der Waals surface area contributed by atoms with E-state index in [1.165, 1.54) is 35.2 Å². The van der Waals surface area contributed by atoms with Crippen LogP contribution in [0.5, 0.6) is 5.75 Å². The molecule has 184 valence electrons. The van der Waals surface area contributed by atoms with E-state index in [1.807, 2.05) is 6.92 Å². The van der Waals surface area contributed by atoms with Crippen molar-refractivity contribution in [3.63, 3.8) is 0 Å². The quantitative estimate of drug-likeness (QED) is 0.509. The predicted octanol–water partition coefficient (Wildman–Crippen LogP) is 4.71. The number of H-pyrrole nitrogens is 1. The zero-order valence-electron chi connectivity index (χ0n) is 18.7. The van der Waals surface area contributed by atoms with Crippen LogP contribution in [0.1, 0.15) is 52.9 Å². The first kappa shape index (κ1) is 24.4. The Hall–Kier alpha value is -3.69. The minimum atomic E-state index is -4.54. The molecule has 1 aliphatic heterocycles. The lowest BCUT2D eigenvalue weighted by Gasteiger charge is -2.35. The van der Waals surface area contributed by atoms with Crippen LogP contribution in [0.15, 0.2) is 59.5 Å². The van der Waals surface area contributed by atoms with E-state index in [0.717, 1.165) is 18.3 Å². The van der Waals surface area contributed by atoms with E-state index < -0.39 is 58.2 Å². The van der Waals surface area contributed by atoms with Crippen molar-refractivity contribution in [2.24, 2.45) is 5.92 Å². The summed E-state index contributed by atoms with van der Waals surface area (Å²) >= 11 is 0. The van der Waals surface area contributed by atoms with Gasteiger partial charge in [0.2, 0.25) is 0 Å². The number of halogens is 4. The maximum Gasteiger partial charge on any atom is 0.416 e. The van der Waals surface area contributed by atoms with Gasteiger partial charge in [0, 0.05) is 18.5 Å². The third kappa shape index (κ3) is 4.91. The third-order valence-electron chi connectivity index (χ3n) is 6.52. The van der Waals surface area contributed by atoms with E-state index in [4.69, 9.17) is 0 Å². The number of alkyl halides is 3. The summed E-state index contributed by atoms with van der Waals surface area (Å²) in [7, 11) is 0. The van der Waals surface area contributed by atoms with Crippen LogP contribution in [0.3, 0.4) is 0 Å². The second-order valence-electron chi connectivity index (χ2n) is 8.67. The maximum atomic E-state index is 13.6. The van der Waals surface area contributed by atoms with Gasteiger partial charge in [0.15, 0.2) is 11.4 Å². The Balaban J connectivity index is 1.75. The molecule has 0 saturated carbocycles. The van der Waals surface area contributed by atoms with E-state index in [2.05, 4.69) is 10.2 Å². The first-order valence-electron chi connectivity index (χ1n) is 11.1. The van der Waals surface area contributed by atoms with Crippen molar-refractivity contribution in [2.45, 2.75) is 37.9 Å². The van der Waals surface area contributed by atoms with Crippen molar-refractivity contribution in [2.75, 3.05) is 6.54 Å². The summed E-state index contributed by atoms with van der Waals surface area (Å²) in [5, 5.41) is 15.8. The van der Waals surface area contributed by atoms with Crippen LogP contribution in [0.2, 0.25) is 0 Å². The number of benzene rings is 2. The van der Waals surface area contributed by atoms with Crippen LogP contribution >= 0.6 is 0 Å². The molecule has 0 unspecified atom stereocenters. The second-order valence-corrected chi connectivity index (χ2v) is 8.67. The van der Waals surface area contributed by atoms with E-state index >= 15 is 0 Å². The molecule has 3 atom stereocenters. The first-order chi connectivity index (χ1) is 16.6.